The van der Waals surface area contributed by atoms with E-state index in [4.69, 9.17) is 0 Å². The third-order valence-corrected chi connectivity index (χ3v) is 7.20. The molecule has 4 nitrogen and oxygen atoms in total. The summed E-state index contributed by atoms with van der Waals surface area (Å²) in [5.41, 5.74) is 0.226. The van der Waals surface area contributed by atoms with E-state index in [1.807, 2.05) is 0 Å². The summed E-state index contributed by atoms with van der Waals surface area (Å²) in [6.07, 6.45) is 5.92. The number of piperidine rings is 1. The Hall–Kier alpha value is -0.130. The summed E-state index contributed by atoms with van der Waals surface area (Å²) < 4.78 is 26.1. The van der Waals surface area contributed by atoms with Crippen LogP contribution in [0, 0.1) is 5.92 Å². The molecule has 0 aromatic carbocycles. The van der Waals surface area contributed by atoms with Gasteiger partial charge in [-0.25, -0.2) is 12.7 Å². The molecular weight excluding hydrogens is 260 g/mol. The predicted octanol–water partition coefficient (Wildman–Crippen LogP) is 1.92. The van der Waals surface area contributed by atoms with Crippen molar-refractivity contribution in [3.05, 3.63) is 0 Å². The van der Waals surface area contributed by atoms with Gasteiger partial charge in [0.1, 0.15) is 0 Å². The lowest BCUT2D eigenvalue weighted by atomic mass is 9.82. The Balaban J connectivity index is 2.03. The molecule has 19 heavy (non-hydrogen) atoms. The molecule has 112 valence electrons. The lowest BCUT2D eigenvalue weighted by Gasteiger charge is -2.46. The van der Waals surface area contributed by atoms with Crippen LogP contribution in [0.3, 0.4) is 0 Å². The monoisotopic (exact) mass is 288 g/mol. The number of nitrogens with zero attached hydrogens (tertiary/aromatic N) is 2. The zero-order valence-electron chi connectivity index (χ0n) is 12.7. The normalized spacial score (nSPS) is 25.2. The maximum absolute atomic E-state index is 12.2. The van der Waals surface area contributed by atoms with Crippen LogP contribution in [0.5, 0.6) is 0 Å². The van der Waals surface area contributed by atoms with Gasteiger partial charge in [0.25, 0.3) is 0 Å². The van der Waals surface area contributed by atoms with E-state index >= 15 is 0 Å². The van der Waals surface area contributed by atoms with Crippen LogP contribution in [0.25, 0.3) is 0 Å². The molecule has 0 amide bonds. The summed E-state index contributed by atoms with van der Waals surface area (Å²) >= 11 is 0. The second kappa shape index (κ2) is 5.34. The van der Waals surface area contributed by atoms with E-state index in [1.54, 1.807) is 18.2 Å². The van der Waals surface area contributed by atoms with Gasteiger partial charge in [-0.1, -0.05) is 12.8 Å². The van der Waals surface area contributed by atoms with Gasteiger partial charge in [-0.05, 0) is 53.1 Å². The fourth-order valence-electron chi connectivity index (χ4n) is 3.15. The average molecular weight is 288 g/mol. The van der Waals surface area contributed by atoms with Crippen LogP contribution < -0.4 is 0 Å². The molecule has 1 aliphatic carbocycles. The van der Waals surface area contributed by atoms with Gasteiger partial charge >= 0.3 is 0 Å². The zero-order valence-corrected chi connectivity index (χ0v) is 13.5. The zero-order chi connectivity index (χ0) is 14.3. The van der Waals surface area contributed by atoms with Crippen molar-refractivity contribution in [2.24, 2.45) is 5.92 Å². The molecule has 2 rings (SSSR count). The molecule has 0 spiro atoms. The molecule has 0 aromatic heterocycles. The highest BCUT2D eigenvalue weighted by Crippen LogP contribution is 2.43. The minimum Gasteiger partial charge on any atom is -0.304 e. The van der Waals surface area contributed by atoms with Gasteiger partial charge < -0.3 is 4.90 Å². The first-order chi connectivity index (χ1) is 8.78. The van der Waals surface area contributed by atoms with Crippen molar-refractivity contribution >= 4 is 10.0 Å². The van der Waals surface area contributed by atoms with Crippen LogP contribution in [0.4, 0.5) is 0 Å². The minimum atomic E-state index is -3.07. The summed E-state index contributed by atoms with van der Waals surface area (Å²) in [4.78, 5) is 2.34. The fourth-order valence-corrected chi connectivity index (χ4v) is 4.44. The molecule has 2 fully saturated rings. The van der Waals surface area contributed by atoms with E-state index in [0.29, 0.717) is 13.1 Å². The SMILES string of the molecule is CC(C)S(=O)(=O)N1CCC(CC2CC2)(N(C)C)CC1. The van der Waals surface area contributed by atoms with E-state index in [1.165, 1.54) is 19.3 Å². The second-order valence-corrected chi connectivity index (χ2v) is 9.25. The summed E-state index contributed by atoms with van der Waals surface area (Å²) in [5, 5.41) is -0.303. The van der Waals surface area contributed by atoms with Crippen LogP contribution in [0.1, 0.15) is 46.0 Å². The largest absolute Gasteiger partial charge is 0.304 e. The highest BCUT2D eigenvalue weighted by atomic mass is 32.2. The smallest absolute Gasteiger partial charge is 0.216 e. The molecule has 0 bridgehead atoms. The van der Waals surface area contributed by atoms with Crippen molar-refractivity contribution in [3.63, 3.8) is 0 Å². The van der Waals surface area contributed by atoms with Gasteiger partial charge in [-0.3, -0.25) is 0 Å². The molecule has 1 saturated heterocycles. The first kappa shape index (κ1) is 15.3. The molecule has 1 aliphatic heterocycles. The Kier molecular flexibility index (Phi) is 4.29. The molecular formula is C14H28N2O2S. The molecule has 5 heteroatoms. The molecule has 0 atom stereocenters. The Bertz CT molecular complexity index is 405. The van der Waals surface area contributed by atoms with Gasteiger partial charge in [-0.2, -0.15) is 0 Å². The molecule has 0 radical (unpaired) electrons. The first-order valence-electron chi connectivity index (χ1n) is 7.44. The van der Waals surface area contributed by atoms with Gasteiger partial charge in [0.2, 0.25) is 10.0 Å². The van der Waals surface area contributed by atoms with Crippen LogP contribution >= 0.6 is 0 Å². The van der Waals surface area contributed by atoms with Crippen molar-refractivity contribution in [3.8, 4) is 0 Å². The standard InChI is InChI=1S/C14H28N2O2S/c1-12(2)19(17,18)16-9-7-14(8-10-16,15(3)4)11-13-5-6-13/h12-13H,5-11H2,1-4H3. The van der Waals surface area contributed by atoms with Crippen LogP contribution in [0.2, 0.25) is 0 Å². The Morgan fingerprint density at radius 3 is 2.11 bits per heavy atom. The molecule has 0 aromatic rings. The molecule has 1 saturated carbocycles. The van der Waals surface area contributed by atoms with Gasteiger partial charge in [0.15, 0.2) is 0 Å². The number of sulfonamides is 1. The van der Waals surface area contributed by atoms with Crippen molar-refractivity contribution in [1.29, 1.82) is 0 Å². The Morgan fingerprint density at radius 2 is 1.74 bits per heavy atom. The average Bonchev–Trinajstić information content (AvgIpc) is 3.13. The number of hydrogen-bond donors (Lipinski definition) is 0. The van der Waals surface area contributed by atoms with E-state index in [0.717, 1.165) is 18.8 Å². The van der Waals surface area contributed by atoms with Crippen molar-refractivity contribution in [2.45, 2.75) is 56.7 Å². The van der Waals surface area contributed by atoms with Crippen LogP contribution in [-0.4, -0.2) is 55.6 Å². The molecule has 0 N–H and O–H groups in total. The summed E-state index contributed by atoms with van der Waals surface area (Å²) in [6.45, 7) is 4.91. The Morgan fingerprint density at radius 1 is 1.21 bits per heavy atom. The summed E-state index contributed by atoms with van der Waals surface area (Å²) in [6, 6.07) is 0. The summed E-state index contributed by atoms with van der Waals surface area (Å²) in [7, 11) is 1.22. The molecule has 0 unspecified atom stereocenters. The lowest BCUT2D eigenvalue weighted by Crippen LogP contribution is -2.54. The van der Waals surface area contributed by atoms with Gasteiger partial charge in [-0.15, -0.1) is 0 Å². The van der Waals surface area contributed by atoms with E-state index < -0.39 is 10.0 Å². The van der Waals surface area contributed by atoms with E-state index in [2.05, 4.69) is 19.0 Å². The Labute approximate surface area is 118 Å². The number of hydrogen-bond acceptors (Lipinski definition) is 3. The quantitative estimate of drug-likeness (QED) is 0.776. The van der Waals surface area contributed by atoms with Crippen LogP contribution in [-0.2, 0) is 10.0 Å². The van der Waals surface area contributed by atoms with Crippen molar-refractivity contribution in [2.75, 3.05) is 27.2 Å². The van der Waals surface area contributed by atoms with E-state index in [9.17, 15) is 8.42 Å². The van der Waals surface area contributed by atoms with Crippen LogP contribution in [0.15, 0.2) is 0 Å². The predicted molar refractivity (Wildman–Crippen MR) is 78.6 cm³/mol. The maximum Gasteiger partial charge on any atom is 0.216 e. The second-order valence-electron chi connectivity index (χ2n) is 6.76. The van der Waals surface area contributed by atoms with E-state index in [-0.39, 0.29) is 10.8 Å². The highest BCUT2D eigenvalue weighted by Gasteiger charge is 2.43. The van der Waals surface area contributed by atoms with Crippen molar-refractivity contribution in [1.82, 2.24) is 9.21 Å². The highest BCUT2D eigenvalue weighted by molar-refractivity contribution is 7.89. The van der Waals surface area contributed by atoms with Gasteiger partial charge in [0.05, 0.1) is 5.25 Å². The fraction of sp³-hybridized carbons (Fsp3) is 1.00. The maximum atomic E-state index is 12.2. The minimum absolute atomic E-state index is 0.226. The first-order valence-corrected chi connectivity index (χ1v) is 8.95. The third-order valence-electron chi connectivity index (χ3n) is 4.92. The summed E-state index contributed by atoms with van der Waals surface area (Å²) in [5.74, 6) is 0.885. The number of rotatable bonds is 5. The molecule has 2 aliphatic rings. The van der Waals surface area contributed by atoms with Crippen molar-refractivity contribution < 1.29 is 8.42 Å². The van der Waals surface area contributed by atoms with Gasteiger partial charge in [0, 0.05) is 18.6 Å². The topological polar surface area (TPSA) is 40.6 Å². The lowest BCUT2D eigenvalue weighted by molar-refractivity contribution is 0.0694. The molecule has 1 heterocycles. The third kappa shape index (κ3) is 3.14.